The summed E-state index contributed by atoms with van der Waals surface area (Å²) in [5.41, 5.74) is 20.4. The molecule has 0 radical (unpaired) electrons. The molecule has 0 spiro atoms. The number of aromatic nitrogens is 2. The Morgan fingerprint density at radius 2 is 0.312 bits per heavy atom. The van der Waals surface area contributed by atoms with Crippen molar-refractivity contribution < 1.29 is 0 Å². The predicted octanol–water partition coefficient (Wildman–Crippen LogP) is 20.5. The lowest BCUT2D eigenvalue weighted by Crippen LogP contribution is -2.12. The molecule has 13 aromatic rings. The van der Waals surface area contributed by atoms with E-state index in [2.05, 4.69) is 323 Å². The van der Waals surface area contributed by atoms with Crippen LogP contribution in [0.3, 0.4) is 0 Å². The molecule has 0 aliphatic carbocycles. The minimum absolute atomic E-state index is 0.826. The number of hydrogen-bond acceptors (Lipinski definition) is 6. The maximum Gasteiger partial charge on any atom is 0.0973 e. The average Bonchev–Trinajstić information content (AvgIpc) is 3.56. The van der Waals surface area contributed by atoms with Crippen LogP contribution in [0, 0.1) is 0 Å². The Balaban J connectivity index is 0.790. The number of anilines is 12. The Hall–Kier alpha value is -10.8. The zero-order valence-corrected chi connectivity index (χ0v) is 43.9. The molecule has 6 heteroatoms. The summed E-state index contributed by atoms with van der Waals surface area (Å²) in [6, 6.07) is 115. The fourth-order valence-electron chi connectivity index (χ4n) is 10.5. The zero-order valence-electron chi connectivity index (χ0n) is 43.9. The summed E-state index contributed by atoms with van der Waals surface area (Å²) >= 11 is 0. The Morgan fingerprint density at radius 1 is 0.150 bits per heavy atom. The topological polar surface area (TPSA) is 38.7 Å². The summed E-state index contributed by atoms with van der Waals surface area (Å²) in [6.07, 6.45) is 0. The molecular formula is C74H54N6. The Labute approximate surface area is 467 Å². The first-order valence-electron chi connectivity index (χ1n) is 27.0. The smallest absolute Gasteiger partial charge is 0.0973 e. The van der Waals surface area contributed by atoms with Crippen molar-refractivity contribution in [3.63, 3.8) is 0 Å². The second-order valence-corrected chi connectivity index (χ2v) is 19.5. The van der Waals surface area contributed by atoms with E-state index < -0.39 is 0 Å². The third kappa shape index (κ3) is 10.2. The largest absolute Gasteiger partial charge is 0.311 e. The van der Waals surface area contributed by atoms with Gasteiger partial charge in [0.1, 0.15) is 0 Å². The highest BCUT2D eigenvalue weighted by Crippen LogP contribution is 2.43. The van der Waals surface area contributed by atoms with Gasteiger partial charge in [-0.1, -0.05) is 170 Å². The van der Waals surface area contributed by atoms with Gasteiger partial charge >= 0.3 is 0 Å². The van der Waals surface area contributed by atoms with Crippen LogP contribution in [-0.2, 0) is 0 Å². The van der Waals surface area contributed by atoms with E-state index in [4.69, 9.17) is 9.97 Å². The molecule has 1 heterocycles. The Kier molecular flexibility index (Phi) is 13.7. The number of benzene rings is 12. The van der Waals surface area contributed by atoms with Crippen LogP contribution in [-0.4, -0.2) is 9.97 Å². The molecule has 0 aliphatic rings. The van der Waals surface area contributed by atoms with Crippen molar-refractivity contribution in [2.45, 2.75) is 0 Å². The molecule has 0 unspecified atom stereocenters. The van der Waals surface area contributed by atoms with Crippen LogP contribution >= 0.6 is 0 Å². The summed E-state index contributed by atoms with van der Waals surface area (Å²) in [7, 11) is 0. The van der Waals surface area contributed by atoms with Gasteiger partial charge in [-0.05, 0) is 169 Å². The first kappa shape index (κ1) is 48.8. The lowest BCUT2D eigenvalue weighted by molar-refractivity contribution is 1.25. The molecule has 0 atom stereocenters. The molecule has 0 saturated heterocycles. The molecule has 80 heavy (non-hydrogen) atoms. The molecule has 0 fully saturated rings. The van der Waals surface area contributed by atoms with Crippen LogP contribution in [0.5, 0.6) is 0 Å². The number of rotatable bonds is 15. The maximum atomic E-state index is 5.30. The fraction of sp³-hybridized carbons (Fsp3) is 0. The predicted molar refractivity (Wildman–Crippen MR) is 335 cm³/mol. The normalized spacial score (nSPS) is 11.0. The lowest BCUT2D eigenvalue weighted by Gasteiger charge is -2.28. The number of hydrogen-bond donors (Lipinski definition) is 0. The fourth-order valence-corrected chi connectivity index (χ4v) is 10.5. The quantitative estimate of drug-likeness (QED) is 0.102. The van der Waals surface area contributed by atoms with Crippen molar-refractivity contribution in [3.05, 3.63) is 328 Å². The van der Waals surface area contributed by atoms with Crippen molar-refractivity contribution in [1.82, 2.24) is 9.97 Å². The molecule has 0 N–H and O–H groups in total. The highest BCUT2D eigenvalue weighted by Gasteiger charge is 2.20. The SMILES string of the molecule is c1ccc(N(c2ccccc2)c2ccc(N(c3ccccc3)c3ccc(-c4ccc(-c5nc6ccccc6nc5-c5ccc(N(c6ccccc6)c6ccc(N(c7ccccc7)c7ccccc7)cc6)cc5)cc4)cc3)cc2)cc1. The van der Waals surface area contributed by atoms with E-state index in [0.717, 1.165) is 113 Å². The van der Waals surface area contributed by atoms with Gasteiger partial charge in [0, 0.05) is 79.4 Å². The van der Waals surface area contributed by atoms with E-state index in [9.17, 15) is 0 Å². The van der Waals surface area contributed by atoms with E-state index in [1.54, 1.807) is 0 Å². The Bertz CT molecular complexity index is 4030. The maximum absolute atomic E-state index is 5.30. The Morgan fingerprint density at radius 3 is 0.550 bits per heavy atom. The summed E-state index contributed by atoms with van der Waals surface area (Å²) in [4.78, 5) is 19.8. The third-order valence-corrected chi connectivity index (χ3v) is 14.4. The molecule has 0 bridgehead atoms. The molecule has 6 nitrogen and oxygen atoms in total. The molecular weight excluding hydrogens is 973 g/mol. The first-order chi connectivity index (χ1) is 39.7. The third-order valence-electron chi connectivity index (χ3n) is 14.4. The van der Waals surface area contributed by atoms with Crippen LogP contribution < -0.4 is 19.6 Å². The van der Waals surface area contributed by atoms with Crippen molar-refractivity contribution in [3.8, 4) is 33.6 Å². The van der Waals surface area contributed by atoms with Gasteiger partial charge in [0.15, 0.2) is 0 Å². The van der Waals surface area contributed by atoms with E-state index in [1.165, 1.54) is 0 Å². The van der Waals surface area contributed by atoms with Gasteiger partial charge < -0.3 is 19.6 Å². The van der Waals surface area contributed by atoms with Crippen LogP contribution in [0.25, 0.3) is 44.7 Å². The second-order valence-electron chi connectivity index (χ2n) is 19.5. The molecule has 1 aromatic heterocycles. The van der Waals surface area contributed by atoms with Gasteiger partial charge in [0.05, 0.1) is 22.4 Å². The van der Waals surface area contributed by atoms with Crippen molar-refractivity contribution in [2.75, 3.05) is 19.6 Å². The van der Waals surface area contributed by atoms with E-state index in [0.29, 0.717) is 0 Å². The number of nitrogens with zero attached hydrogens (tertiary/aromatic N) is 6. The van der Waals surface area contributed by atoms with Gasteiger partial charge in [0.25, 0.3) is 0 Å². The van der Waals surface area contributed by atoms with Gasteiger partial charge in [-0.25, -0.2) is 9.97 Å². The summed E-state index contributed by atoms with van der Waals surface area (Å²) in [5.74, 6) is 0. The minimum atomic E-state index is 0.826. The average molecular weight is 1030 g/mol. The summed E-state index contributed by atoms with van der Waals surface area (Å²) < 4.78 is 0. The van der Waals surface area contributed by atoms with Gasteiger partial charge in [-0.3, -0.25) is 0 Å². The monoisotopic (exact) mass is 1030 g/mol. The zero-order chi connectivity index (χ0) is 53.5. The molecule has 13 rings (SSSR count). The molecule has 0 amide bonds. The molecule has 12 aromatic carbocycles. The minimum Gasteiger partial charge on any atom is -0.311 e. The molecule has 380 valence electrons. The lowest BCUT2D eigenvalue weighted by atomic mass is 9.99. The first-order valence-corrected chi connectivity index (χ1v) is 27.0. The molecule has 0 aliphatic heterocycles. The van der Waals surface area contributed by atoms with Gasteiger partial charge in [0.2, 0.25) is 0 Å². The van der Waals surface area contributed by atoms with E-state index in [-0.39, 0.29) is 0 Å². The van der Waals surface area contributed by atoms with Crippen molar-refractivity contribution in [1.29, 1.82) is 0 Å². The molecule has 0 saturated carbocycles. The summed E-state index contributed by atoms with van der Waals surface area (Å²) in [5, 5.41) is 0. The van der Waals surface area contributed by atoms with Crippen LogP contribution in [0.15, 0.2) is 328 Å². The highest BCUT2D eigenvalue weighted by atomic mass is 15.2. The van der Waals surface area contributed by atoms with Crippen LogP contribution in [0.2, 0.25) is 0 Å². The van der Waals surface area contributed by atoms with E-state index in [1.807, 2.05) is 24.3 Å². The standard InChI is InChI=1S/C74H54N6/c1-7-21-59(22-8-1)77(60-23-9-2-10-24-60)67-47-51-69(52-48-67)79(63-29-15-5-16-30-63)65-43-39-56(40-44-65)55-35-37-57(38-36-55)73-74(76-72-34-20-19-33-71(72)75-73)58-41-45-66(46-42-58)80(64-31-17-6-18-32-64)70-53-49-68(50-54-70)78(61-25-11-3-12-26-61)62-27-13-4-14-28-62/h1-54H. The summed E-state index contributed by atoms with van der Waals surface area (Å²) in [6.45, 7) is 0. The van der Waals surface area contributed by atoms with Gasteiger partial charge in [-0.15, -0.1) is 0 Å². The van der Waals surface area contributed by atoms with Crippen LogP contribution in [0.1, 0.15) is 0 Å². The van der Waals surface area contributed by atoms with Crippen molar-refractivity contribution >= 4 is 79.3 Å². The number of para-hydroxylation sites is 8. The van der Waals surface area contributed by atoms with Crippen LogP contribution in [0.4, 0.5) is 68.2 Å². The van der Waals surface area contributed by atoms with Crippen molar-refractivity contribution in [2.24, 2.45) is 0 Å². The number of fused-ring (bicyclic) bond motifs is 1. The van der Waals surface area contributed by atoms with E-state index >= 15 is 0 Å². The highest BCUT2D eigenvalue weighted by molar-refractivity contribution is 5.89. The van der Waals surface area contributed by atoms with Gasteiger partial charge in [-0.2, -0.15) is 0 Å². The second kappa shape index (κ2) is 22.4.